The van der Waals surface area contributed by atoms with E-state index in [0.717, 1.165) is 18.0 Å². The quantitative estimate of drug-likeness (QED) is 0.803. The fraction of sp³-hybridized carbons (Fsp3) is 0.500. The average molecular weight is 233 g/mol. The van der Waals surface area contributed by atoms with E-state index in [4.69, 9.17) is 4.74 Å². The van der Waals surface area contributed by atoms with Crippen molar-refractivity contribution in [2.45, 2.75) is 32.7 Å². The Kier molecular flexibility index (Phi) is 3.09. The summed E-state index contributed by atoms with van der Waals surface area (Å²) in [7, 11) is 0. The summed E-state index contributed by atoms with van der Waals surface area (Å²) < 4.78 is 5.41. The summed E-state index contributed by atoms with van der Waals surface area (Å²) in [6, 6.07) is 7.95. The van der Waals surface area contributed by atoms with Crippen LogP contribution in [0.2, 0.25) is 0 Å². The Balaban J connectivity index is 2.20. The average Bonchev–Trinajstić information content (AvgIpc) is 2.56. The maximum Gasteiger partial charge on any atom is 0.159 e. The summed E-state index contributed by atoms with van der Waals surface area (Å²) in [5.74, 6) is 1.19. The smallest absolute Gasteiger partial charge is 0.159 e. The topological polar surface area (TPSA) is 29.5 Å². The van der Waals surface area contributed by atoms with Gasteiger partial charge in [-0.3, -0.25) is 4.79 Å². The number of rotatable bonds is 3. The fourth-order valence-electron chi connectivity index (χ4n) is 2.29. The number of Topliss-reactive ketones (excluding diaryl/α,β-unsaturated/α-hetero) is 1. The molecule has 0 radical (unpaired) electrons. The lowest BCUT2D eigenvalue weighted by molar-refractivity contribution is -0.120. The molecule has 0 unspecified atom stereocenters. The minimum Gasteiger partial charge on any atom is -0.494 e. The molecule has 1 saturated heterocycles. The van der Waals surface area contributed by atoms with Gasteiger partial charge in [0.2, 0.25) is 0 Å². The second-order valence-electron chi connectivity index (χ2n) is 4.81. The van der Waals surface area contributed by atoms with Gasteiger partial charge in [-0.05, 0) is 45.0 Å². The fourth-order valence-corrected chi connectivity index (χ4v) is 2.29. The molecule has 1 fully saturated rings. The summed E-state index contributed by atoms with van der Waals surface area (Å²) in [5.41, 5.74) is 0.706. The van der Waals surface area contributed by atoms with Crippen LogP contribution in [0.1, 0.15) is 27.2 Å². The normalized spacial score (nSPS) is 18.5. The van der Waals surface area contributed by atoms with Gasteiger partial charge in [-0.2, -0.15) is 0 Å². The molecular formula is C14H19NO2. The van der Waals surface area contributed by atoms with Crippen molar-refractivity contribution >= 4 is 11.5 Å². The van der Waals surface area contributed by atoms with Crippen LogP contribution < -0.4 is 9.64 Å². The Bertz CT molecular complexity index is 409. The molecule has 3 nitrogen and oxygen atoms in total. The first-order chi connectivity index (χ1) is 8.05. The van der Waals surface area contributed by atoms with Gasteiger partial charge >= 0.3 is 0 Å². The number of hydrogen-bond acceptors (Lipinski definition) is 3. The molecule has 0 amide bonds. The monoisotopic (exact) mass is 233 g/mol. The van der Waals surface area contributed by atoms with E-state index < -0.39 is 0 Å². The zero-order chi connectivity index (χ0) is 12.5. The van der Waals surface area contributed by atoms with Crippen molar-refractivity contribution in [3.63, 3.8) is 0 Å². The predicted molar refractivity (Wildman–Crippen MR) is 68.7 cm³/mol. The molecule has 0 bridgehead atoms. The standard InChI is InChI=1S/C14H19NO2/c1-4-17-12-7-5-11(6-8-12)15-10-9-13(16)14(15,2)3/h5-8H,4,9-10H2,1-3H3. The zero-order valence-corrected chi connectivity index (χ0v) is 10.7. The first-order valence-electron chi connectivity index (χ1n) is 6.09. The Morgan fingerprint density at radius 1 is 1.29 bits per heavy atom. The van der Waals surface area contributed by atoms with Gasteiger partial charge in [0.15, 0.2) is 5.78 Å². The highest BCUT2D eigenvalue weighted by Crippen LogP contribution is 2.32. The minimum atomic E-state index is -0.382. The molecule has 0 aliphatic carbocycles. The molecule has 1 aromatic rings. The number of carbonyl (C=O) groups excluding carboxylic acids is 1. The second kappa shape index (κ2) is 4.40. The van der Waals surface area contributed by atoms with Crippen molar-refractivity contribution in [1.82, 2.24) is 0 Å². The first-order valence-corrected chi connectivity index (χ1v) is 6.09. The lowest BCUT2D eigenvalue weighted by atomic mass is 10.00. The van der Waals surface area contributed by atoms with E-state index in [0.29, 0.717) is 18.8 Å². The molecule has 1 aliphatic rings. The van der Waals surface area contributed by atoms with Crippen molar-refractivity contribution < 1.29 is 9.53 Å². The number of ketones is 1. The molecule has 1 aliphatic heterocycles. The largest absolute Gasteiger partial charge is 0.494 e. The Labute approximate surface area is 102 Å². The zero-order valence-electron chi connectivity index (χ0n) is 10.7. The predicted octanol–water partition coefficient (Wildman–Crippen LogP) is 2.64. The molecule has 0 atom stereocenters. The van der Waals surface area contributed by atoms with Crippen molar-refractivity contribution in [3.8, 4) is 5.75 Å². The molecule has 1 aromatic carbocycles. The lowest BCUT2D eigenvalue weighted by Crippen LogP contribution is -2.42. The molecule has 92 valence electrons. The van der Waals surface area contributed by atoms with Crippen LogP contribution in [0, 0.1) is 0 Å². The number of ether oxygens (including phenoxy) is 1. The van der Waals surface area contributed by atoms with Gasteiger partial charge in [0, 0.05) is 18.7 Å². The van der Waals surface area contributed by atoms with E-state index in [9.17, 15) is 4.79 Å². The SMILES string of the molecule is CCOc1ccc(N2CCC(=O)C2(C)C)cc1. The van der Waals surface area contributed by atoms with Gasteiger partial charge < -0.3 is 9.64 Å². The first kappa shape index (κ1) is 12.0. The molecule has 2 rings (SSSR count). The third kappa shape index (κ3) is 2.14. The summed E-state index contributed by atoms with van der Waals surface area (Å²) in [6.07, 6.45) is 0.639. The van der Waals surface area contributed by atoms with Crippen molar-refractivity contribution in [2.24, 2.45) is 0 Å². The molecule has 0 aromatic heterocycles. The van der Waals surface area contributed by atoms with Gasteiger partial charge in [-0.1, -0.05) is 0 Å². The van der Waals surface area contributed by atoms with Crippen LogP contribution in [0.25, 0.3) is 0 Å². The van der Waals surface area contributed by atoms with Crippen LogP contribution in [0.4, 0.5) is 5.69 Å². The Morgan fingerprint density at radius 3 is 2.41 bits per heavy atom. The van der Waals surface area contributed by atoms with Crippen molar-refractivity contribution in [2.75, 3.05) is 18.1 Å². The third-order valence-electron chi connectivity index (χ3n) is 3.38. The molecular weight excluding hydrogens is 214 g/mol. The number of anilines is 1. The van der Waals surface area contributed by atoms with Crippen LogP contribution in [0.3, 0.4) is 0 Å². The van der Waals surface area contributed by atoms with Gasteiger partial charge in [-0.15, -0.1) is 0 Å². The molecule has 0 saturated carbocycles. The molecule has 0 N–H and O–H groups in total. The Hall–Kier alpha value is -1.51. The molecule has 3 heteroatoms. The van der Waals surface area contributed by atoms with Gasteiger partial charge in [0.05, 0.1) is 12.1 Å². The van der Waals surface area contributed by atoms with Crippen LogP contribution in [-0.2, 0) is 4.79 Å². The molecule has 0 spiro atoms. The maximum atomic E-state index is 11.8. The summed E-state index contributed by atoms with van der Waals surface area (Å²) >= 11 is 0. The Morgan fingerprint density at radius 2 is 1.94 bits per heavy atom. The minimum absolute atomic E-state index is 0.311. The highest BCUT2D eigenvalue weighted by atomic mass is 16.5. The summed E-state index contributed by atoms with van der Waals surface area (Å²) in [6.45, 7) is 7.42. The lowest BCUT2D eigenvalue weighted by Gasteiger charge is -2.32. The summed E-state index contributed by atoms with van der Waals surface area (Å²) in [4.78, 5) is 13.9. The highest BCUT2D eigenvalue weighted by molar-refractivity contribution is 5.94. The van der Waals surface area contributed by atoms with Crippen LogP contribution in [-0.4, -0.2) is 24.5 Å². The third-order valence-corrected chi connectivity index (χ3v) is 3.38. The van der Waals surface area contributed by atoms with Crippen LogP contribution in [0.15, 0.2) is 24.3 Å². The van der Waals surface area contributed by atoms with Gasteiger partial charge in [-0.25, -0.2) is 0 Å². The van der Waals surface area contributed by atoms with E-state index in [2.05, 4.69) is 4.90 Å². The van der Waals surface area contributed by atoms with E-state index in [1.807, 2.05) is 45.0 Å². The van der Waals surface area contributed by atoms with E-state index >= 15 is 0 Å². The molecule has 17 heavy (non-hydrogen) atoms. The van der Waals surface area contributed by atoms with E-state index in [1.54, 1.807) is 0 Å². The van der Waals surface area contributed by atoms with Crippen LogP contribution >= 0.6 is 0 Å². The number of benzene rings is 1. The van der Waals surface area contributed by atoms with E-state index in [1.165, 1.54) is 0 Å². The number of hydrogen-bond donors (Lipinski definition) is 0. The van der Waals surface area contributed by atoms with Gasteiger partial charge in [0.1, 0.15) is 5.75 Å². The van der Waals surface area contributed by atoms with Crippen molar-refractivity contribution in [1.29, 1.82) is 0 Å². The maximum absolute atomic E-state index is 11.8. The van der Waals surface area contributed by atoms with Crippen molar-refractivity contribution in [3.05, 3.63) is 24.3 Å². The highest BCUT2D eigenvalue weighted by Gasteiger charge is 2.39. The number of nitrogens with zero attached hydrogens (tertiary/aromatic N) is 1. The van der Waals surface area contributed by atoms with Gasteiger partial charge in [0.25, 0.3) is 0 Å². The van der Waals surface area contributed by atoms with Crippen LogP contribution in [0.5, 0.6) is 5.75 Å². The van der Waals surface area contributed by atoms with E-state index in [-0.39, 0.29) is 5.54 Å². The number of carbonyl (C=O) groups is 1. The second-order valence-corrected chi connectivity index (χ2v) is 4.81. The summed E-state index contributed by atoms with van der Waals surface area (Å²) in [5, 5.41) is 0. The molecule has 1 heterocycles.